The molecule has 7 rings (SSSR count). The fraction of sp³-hybridized carbons (Fsp3) is 0.171. The third kappa shape index (κ3) is 7.53. The highest BCUT2D eigenvalue weighted by atomic mass is 32.2. The van der Waals surface area contributed by atoms with E-state index in [1.54, 1.807) is 12.1 Å². The first-order valence-corrected chi connectivity index (χ1v) is 17.8. The van der Waals surface area contributed by atoms with Crippen LogP contribution in [-0.2, 0) is 16.1 Å². The zero-order valence-electron chi connectivity index (χ0n) is 28.4. The molecule has 0 bridgehead atoms. The van der Waals surface area contributed by atoms with Crippen LogP contribution in [0.15, 0.2) is 119 Å². The number of halogens is 5. The molecule has 1 aliphatic rings. The van der Waals surface area contributed by atoms with Crippen LogP contribution in [0.3, 0.4) is 0 Å². The van der Waals surface area contributed by atoms with Crippen LogP contribution < -0.4 is 5.32 Å². The Morgan fingerprint density at radius 1 is 0.741 bits per heavy atom. The number of aromatic nitrogens is 1. The molecule has 0 saturated carbocycles. The summed E-state index contributed by atoms with van der Waals surface area (Å²) in [5.74, 6) is -11.9. The molecule has 2 heterocycles. The normalized spacial score (nSPS) is 18.4. The van der Waals surface area contributed by atoms with Gasteiger partial charge in [-0.2, -0.15) is 0 Å². The van der Waals surface area contributed by atoms with E-state index in [9.17, 15) is 31.9 Å². The second-order valence-corrected chi connectivity index (χ2v) is 13.5. The number of anilines is 1. The van der Waals surface area contributed by atoms with Crippen molar-refractivity contribution in [2.75, 3.05) is 11.1 Å². The Bertz CT molecular complexity index is 2170. The molecule has 13 heteroatoms. The number of aliphatic hydroxyl groups excluding tert-OH is 1. The van der Waals surface area contributed by atoms with Crippen LogP contribution in [-0.4, -0.2) is 27.9 Å². The fourth-order valence-electron chi connectivity index (χ4n) is 6.12. The highest BCUT2D eigenvalue weighted by Gasteiger charge is 2.39. The average Bonchev–Trinajstić information content (AvgIpc) is 3.64. The van der Waals surface area contributed by atoms with Crippen molar-refractivity contribution < 1.29 is 45.7 Å². The van der Waals surface area contributed by atoms with Crippen molar-refractivity contribution in [2.45, 2.75) is 37.3 Å². The lowest BCUT2D eigenvalue weighted by atomic mass is 9.91. The lowest BCUT2D eigenvalue weighted by Gasteiger charge is -2.41. The highest BCUT2D eigenvalue weighted by molar-refractivity contribution is 7.99. The second kappa shape index (κ2) is 15.9. The van der Waals surface area contributed by atoms with Gasteiger partial charge in [-0.15, -0.1) is 0 Å². The van der Waals surface area contributed by atoms with Gasteiger partial charge >= 0.3 is 0 Å². The minimum Gasteiger partial charge on any atom is -0.431 e. The van der Waals surface area contributed by atoms with Crippen LogP contribution in [0.2, 0.25) is 0 Å². The van der Waals surface area contributed by atoms with Crippen molar-refractivity contribution in [3.63, 3.8) is 0 Å². The molecule has 276 valence electrons. The van der Waals surface area contributed by atoms with E-state index < -0.39 is 59.1 Å². The lowest BCUT2D eigenvalue weighted by Crippen LogP contribution is -2.38. The minimum absolute atomic E-state index is 0.0208. The number of oxazole rings is 1. The van der Waals surface area contributed by atoms with Gasteiger partial charge in [-0.25, -0.2) is 26.9 Å². The number of carbonyl (C=O) groups excluding carboxylic acids is 1. The third-order valence-corrected chi connectivity index (χ3v) is 9.98. The number of nitrogens with zero attached hydrogens (tertiary/aromatic N) is 1. The van der Waals surface area contributed by atoms with Crippen molar-refractivity contribution in [1.29, 1.82) is 0 Å². The minimum atomic E-state index is -2.36. The summed E-state index contributed by atoms with van der Waals surface area (Å²) in [6, 6.07) is 32.7. The largest absolute Gasteiger partial charge is 0.431 e. The van der Waals surface area contributed by atoms with Gasteiger partial charge in [-0.3, -0.25) is 4.79 Å². The molecule has 5 aromatic carbocycles. The van der Waals surface area contributed by atoms with E-state index in [2.05, 4.69) is 5.32 Å². The van der Waals surface area contributed by atoms with E-state index >= 15 is 0 Å². The number of aliphatic hydroxyl groups is 1. The quantitative estimate of drug-likeness (QED) is 0.0622. The summed E-state index contributed by atoms with van der Waals surface area (Å²) in [5.41, 5.74) is 3.02. The Morgan fingerprint density at radius 2 is 1.31 bits per heavy atom. The molecule has 0 aliphatic carbocycles. The van der Waals surface area contributed by atoms with Gasteiger partial charge in [0.25, 0.3) is 11.1 Å². The van der Waals surface area contributed by atoms with Crippen LogP contribution >= 0.6 is 11.8 Å². The van der Waals surface area contributed by atoms with Gasteiger partial charge in [0.1, 0.15) is 11.3 Å². The van der Waals surface area contributed by atoms with Gasteiger partial charge in [0.05, 0.1) is 18.8 Å². The van der Waals surface area contributed by atoms with E-state index in [-0.39, 0.29) is 18.2 Å². The molecule has 0 unspecified atom stereocenters. The molecule has 2 N–H and O–H groups in total. The Hall–Kier alpha value is -5.34. The molecule has 7 nitrogen and oxygen atoms in total. The van der Waals surface area contributed by atoms with E-state index in [0.29, 0.717) is 28.0 Å². The van der Waals surface area contributed by atoms with Gasteiger partial charge in [0.15, 0.2) is 35.3 Å². The van der Waals surface area contributed by atoms with Crippen LogP contribution in [0.5, 0.6) is 0 Å². The first kappa shape index (κ1) is 37.0. The zero-order valence-corrected chi connectivity index (χ0v) is 29.3. The Balaban J connectivity index is 1.14. The number of thioether (sulfide) groups is 1. The first-order valence-electron chi connectivity index (χ1n) is 16.8. The Morgan fingerprint density at radius 3 is 1.93 bits per heavy atom. The summed E-state index contributed by atoms with van der Waals surface area (Å²) in [4.78, 5) is 17.5. The van der Waals surface area contributed by atoms with Crippen molar-refractivity contribution in [2.24, 2.45) is 5.92 Å². The number of nitrogens with one attached hydrogen (secondary N) is 1. The van der Waals surface area contributed by atoms with Gasteiger partial charge in [0, 0.05) is 34.0 Å². The average molecular weight is 759 g/mol. The van der Waals surface area contributed by atoms with Crippen LogP contribution in [0, 0.1) is 35.0 Å². The smallest absolute Gasteiger partial charge is 0.261 e. The lowest BCUT2D eigenvalue weighted by molar-refractivity contribution is -0.268. The predicted octanol–water partition coefficient (Wildman–Crippen LogP) is 10.0. The number of amides is 1. The molecule has 1 aromatic heterocycles. The Kier molecular flexibility index (Phi) is 10.9. The SMILES string of the molecule is C[C@@H]1[C@H](CSc2nc(-c3ccccc3)c(-c3ccccc3)o2)O[C@H](c2ccc(NC(=O)c3c(F)c(F)c(F)c(F)c3F)cc2)O[C@@H]1c1ccc(CO)cc1. The third-order valence-electron chi connectivity index (χ3n) is 9.06. The molecule has 1 amide bonds. The van der Waals surface area contributed by atoms with Crippen molar-refractivity contribution in [3.8, 4) is 22.6 Å². The molecule has 0 spiro atoms. The highest BCUT2D eigenvalue weighted by Crippen LogP contribution is 2.44. The van der Waals surface area contributed by atoms with E-state index in [1.807, 2.05) is 91.9 Å². The number of ether oxygens (including phenoxy) is 2. The summed E-state index contributed by atoms with van der Waals surface area (Å²) in [6.45, 7) is 1.89. The van der Waals surface area contributed by atoms with Crippen LogP contribution in [0.1, 0.15) is 46.4 Å². The van der Waals surface area contributed by atoms with Gasteiger partial charge < -0.3 is 24.3 Å². The number of benzene rings is 5. The molecule has 0 radical (unpaired) electrons. The summed E-state index contributed by atoms with van der Waals surface area (Å²) in [7, 11) is 0. The Labute approximate surface area is 310 Å². The number of hydrogen-bond donors (Lipinski definition) is 2. The molecule has 54 heavy (non-hydrogen) atoms. The fourth-order valence-corrected chi connectivity index (χ4v) is 7.11. The molecule has 4 atom stereocenters. The summed E-state index contributed by atoms with van der Waals surface area (Å²) in [5, 5.41) is 12.2. The maximum Gasteiger partial charge on any atom is 0.261 e. The number of rotatable bonds is 10. The predicted molar refractivity (Wildman–Crippen MR) is 192 cm³/mol. The van der Waals surface area contributed by atoms with Gasteiger partial charge in [-0.05, 0) is 23.3 Å². The standard InChI is InChI=1S/C41H31F5N2O5S/c1-22-29(21-54-41-48-36(24-8-4-2-5-9-24)38(53-41)25-10-6-3-7-11-25)51-40(52-37(22)26-14-12-23(20-49)13-15-26)27-16-18-28(19-17-27)47-39(50)30-31(42)33(44)35(46)34(45)32(30)43/h2-19,22,29,37,40,49H,20-21H2,1H3,(H,47,50)/t22-,29+,37+,40+/m1/s1. The molecular formula is C41H31F5N2O5S. The maximum absolute atomic E-state index is 14.3. The van der Waals surface area contributed by atoms with Crippen LogP contribution in [0.25, 0.3) is 22.6 Å². The summed E-state index contributed by atoms with van der Waals surface area (Å²) >= 11 is 1.39. The molecule has 1 saturated heterocycles. The molecular weight excluding hydrogens is 728 g/mol. The van der Waals surface area contributed by atoms with E-state index in [0.717, 1.165) is 22.3 Å². The molecule has 1 fully saturated rings. The zero-order chi connectivity index (χ0) is 37.9. The monoisotopic (exact) mass is 758 g/mol. The van der Waals surface area contributed by atoms with Gasteiger partial charge in [-0.1, -0.05) is 116 Å². The van der Waals surface area contributed by atoms with E-state index in [1.165, 1.54) is 23.9 Å². The first-order chi connectivity index (χ1) is 26.1. The molecule has 1 aliphatic heterocycles. The maximum atomic E-state index is 14.3. The van der Waals surface area contributed by atoms with Gasteiger partial charge in [0.2, 0.25) is 5.82 Å². The summed E-state index contributed by atoms with van der Waals surface area (Å²) < 4.78 is 88.8. The van der Waals surface area contributed by atoms with Crippen molar-refractivity contribution in [3.05, 3.63) is 161 Å². The topological polar surface area (TPSA) is 93.8 Å². The van der Waals surface area contributed by atoms with Crippen molar-refractivity contribution in [1.82, 2.24) is 4.98 Å². The number of hydrogen-bond acceptors (Lipinski definition) is 7. The van der Waals surface area contributed by atoms with Crippen LogP contribution in [0.4, 0.5) is 27.6 Å². The second-order valence-electron chi connectivity index (χ2n) is 12.5. The number of carbonyl (C=O) groups is 1. The van der Waals surface area contributed by atoms with Crippen molar-refractivity contribution >= 4 is 23.4 Å². The van der Waals surface area contributed by atoms with E-state index in [4.69, 9.17) is 18.9 Å². The summed E-state index contributed by atoms with van der Waals surface area (Å²) in [6.07, 6.45) is -1.78. The molecule has 6 aromatic rings.